The maximum absolute atomic E-state index is 11.6. The van der Waals surface area contributed by atoms with Crippen LogP contribution in [0.3, 0.4) is 0 Å². The highest BCUT2D eigenvalue weighted by Gasteiger charge is 2.13. The van der Waals surface area contributed by atoms with Crippen LogP contribution in [0.2, 0.25) is 5.02 Å². The molecule has 8 nitrogen and oxygen atoms in total. The zero-order chi connectivity index (χ0) is 18.7. The number of rotatable bonds is 10. The fourth-order valence-electron chi connectivity index (χ4n) is 1.93. The number of carbonyl (C=O) groups is 3. The molecule has 138 valence electrons. The maximum Gasteiger partial charge on any atom is 0.407 e. The molecule has 0 aliphatic heterocycles. The normalized spacial score (nSPS) is 11.4. The third kappa shape index (κ3) is 8.92. The lowest BCUT2D eigenvalue weighted by atomic mass is 10.1. The van der Waals surface area contributed by atoms with Gasteiger partial charge in [0, 0.05) is 17.1 Å². The number of primary amides is 1. The van der Waals surface area contributed by atoms with Crippen LogP contribution >= 0.6 is 11.6 Å². The number of amides is 3. The average Bonchev–Trinajstić information content (AvgIpc) is 2.58. The predicted octanol–water partition coefficient (Wildman–Crippen LogP) is 0.665. The van der Waals surface area contributed by atoms with Crippen LogP contribution in [0.5, 0.6) is 0 Å². The third-order valence-electron chi connectivity index (χ3n) is 3.30. The molecular weight excluding hydrogens is 348 g/mol. The van der Waals surface area contributed by atoms with Crippen LogP contribution in [0, 0.1) is 0 Å². The number of benzene rings is 1. The number of hydrogen-bond acceptors (Lipinski definition) is 5. The van der Waals surface area contributed by atoms with Crippen molar-refractivity contribution in [3.63, 3.8) is 0 Å². The molecule has 1 rings (SSSR count). The van der Waals surface area contributed by atoms with E-state index in [1.54, 1.807) is 18.2 Å². The van der Waals surface area contributed by atoms with E-state index < -0.39 is 23.9 Å². The Labute approximate surface area is 151 Å². The first-order chi connectivity index (χ1) is 11.9. The van der Waals surface area contributed by atoms with Crippen molar-refractivity contribution >= 4 is 29.5 Å². The lowest BCUT2D eigenvalue weighted by Gasteiger charge is -2.11. The van der Waals surface area contributed by atoms with E-state index >= 15 is 0 Å². The Morgan fingerprint density at radius 1 is 1.16 bits per heavy atom. The lowest BCUT2D eigenvalue weighted by Crippen LogP contribution is -2.43. The van der Waals surface area contributed by atoms with E-state index in [0.29, 0.717) is 30.8 Å². The molecule has 0 radical (unpaired) electrons. The van der Waals surface area contributed by atoms with Gasteiger partial charge in [0.2, 0.25) is 11.8 Å². The van der Waals surface area contributed by atoms with Gasteiger partial charge in [-0.1, -0.05) is 29.8 Å². The summed E-state index contributed by atoms with van der Waals surface area (Å²) >= 11 is 5.97. The smallest absolute Gasteiger partial charge is 0.407 e. The summed E-state index contributed by atoms with van der Waals surface area (Å²) < 4.78 is 5.06. The summed E-state index contributed by atoms with van der Waals surface area (Å²) in [7, 11) is 0. The van der Waals surface area contributed by atoms with E-state index in [1.807, 2.05) is 6.07 Å². The number of nitrogens with one attached hydrogen (secondary N) is 2. The molecule has 9 heteroatoms. The van der Waals surface area contributed by atoms with Gasteiger partial charge in [-0.15, -0.1) is 0 Å². The Bertz CT molecular complexity index is 597. The summed E-state index contributed by atoms with van der Waals surface area (Å²) in [5.74, 6) is -1.05. The SMILES string of the molecule is NC(=O)CNC(=O)C(N)CCCCNC(=O)OCc1ccccc1Cl. The van der Waals surface area contributed by atoms with E-state index in [9.17, 15) is 14.4 Å². The van der Waals surface area contributed by atoms with Crippen molar-refractivity contribution in [2.75, 3.05) is 13.1 Å². The number of unbranched alkanes of at least 4 members (excludes halogenated alkanes) is 1. The van der Waals surface area contributed by atoms with E-state index in [1.165, 1.54) is 0 Å². The van der Waals surface area contributed by atoms with Crippen LogP contribution in [0.4, 0.5) is 4.79 Å². The molecule has 6 N–H and O–H groups in total. The van der Waals surface area contributed by atoms with Gasteiger partial charge in [-0.05, 0) is 25.3 Å². The zero-order valence-corrected chi connectivity index (χ0v) is 14.6. The van der Waals surface area contributed by atoms with Gasteiger partial charge in [0.1, 0.15) is 6.61 Å². The Hall–Kier alpha value is -2.32. The second kappa shape index (κ2) is 11.3. The van der Waals surface area contributed by atoms with Gasteiger partial charge in [-0.25, -0.2) is 4.79 Å². The van der Waals surface area contributed by atoms with E-state index in [-0.39, 0.29) is 13.2 Å². The van der Waals surface area contributed by atoms with E-state index in [2.05, 4.69) is 10.6 Å². The summed E-state index contributed by atoms with van der Waals surface area (Å²) in [6, 6.07) is 6.39. The molecule has 1 unspecified atom stereocenters. The number of halogens is 1. The van der Waals surface area contributed by atoms with Gasteiger partial charge in [0.25, 0.3) is 0 Å². The van der Waals surface area contributed by atoms with Gasteiger partial charge in [0.15, 0.2) is 0 Å². The summed E-state index contributed by atoms with van der Waals surface area (Å²) in [6.45, 7) is 0.263. The molecule has 1 aromatic carbocycles. The molecule has 0 fully saturated rings. The molecule has 25 heavy (non-hydrogen) atoms. The van der Waals surface area contributed by atoms with Gasteiger partial charge in [-0.2, -0.15) is 0 Å². The van der Waals surface area contributed by atoms with Crippen LogP contribution in [0.1, 0.15) is 24.8 Å². The number of alkyl carbamates (subject to hydrolysis) is 1. The van der Waals surface area contributed by atoms with Crippen LogP contribution in [0.15, 0.2) is 24.3 Å². The first-order valence-corrected chi connectivity index (χ1v) is 8.23. The molecule has 0 spiro atoms. The van der Waals surface area contributed by atoms with Gasteiger partial charge < -0.3 is 26.8 Å². The monoisotopic (exact) mass is 370 g/mol. The molecule has 3 amide bonds. The van der Waals surface area contributed by atoms with Crippen molar-refractivity contribution in [1.82, 2.24) is 10.6 Å². The van der Waals surface area contributed by atoms with Crippen molar-refractivity contribution < 1.29 is 19.1 Å². The summed E-state index contributed by atoms with van der Waals surface area (Å²) in [4.78, 5) is 33.7. The van der Waals surface area contributed by atoms with Gasteiger partial charge in [-0.3, -0.25) is 9.59 Å². The van der Waals surface area contributed by atoms with Crippen molar-refractivity contribution in [1.29, 1.82) is 0 Å². The summed E-state index contributed by atoms with van der Waals surface area (Å²) in [5, 5.41) is 5.49. The highest BCUT2D eigenvalue weighted by molar-refractivity contribution is 6.31. The van der Waals surface area contributed by atoms with Crippen molar-refractivity contribution in [2.45, 2.75) is 31.9 Å². The minimum Gasteiger partial charge on any atom is -0.445 e. The standard InChI is InChI=1S/C16H23ClN4O4/c17-12-6-2-1-5-11(12)10-25-16(24)20-8-4-3-7-13(18)15(23)21-9-14(19)22/h1-2,5-6,13H,3-4,7-10,18H2,(H2,19,22)(H,20,24)(H,21,23). The van der Waals surface area contributed by atoms with Gasteiger partial charge >= 0.3 is 6.09 Å². The molecule has 0 saturated heterocycles. The highest BCUT2D eigenvalue weighted by Crippen LogP contribution is 2.15. The molecule has 1 aromatic rings. The molecular formula is C16H23ClN4O4. The number of ether oxygens (including phenoxy) is 1. The van der Waals surface area contributed by atoms with Crippen molar-refractivity contribution in [3.8, 4) is 0 Å². The minimum atomic E-state index is -0.716. The molecule has 0 aliphatic rings. The Morgan fingerprint density at radius 3 is 2.56 bits per heavy atom. The largest absolute Gasteiger partial charge is 0.445 e. The summed E-state index contributed by atoms with van der Waals surface area (Å²) in [5.41, 5.74) is 11.3. The fraction of sp³-hybridized carbons (Fsp3) is 0.438. The minimum absolute atomic E-state index is 0.0937. The number of nitrogens with two attached hydrogens (primary N) is 2. The molecule has 0 aromatic heterocycles. The second-order valence-corrected chi connectivity index (χ2v) is 5.79. The van der Waals surface area contributed by atoms with Crippen LogP contribution < -0.4 is 22.1 Å². The molecule has 0 aliphatic carbocycles. The maximum atomic E-state index is 11.6. The Morgan fingerprint density at radius 2 is 1.88 bits per heavy atom. The number of hydrogen-bond donors (Lipinski definition) is 4. The second-order valence-electron chi connectivity index (χ2n) is 5.38. The molecule has 0 bridgehead atoms. The fourth-order valence-corrected chi connectivity index (χ4v) is 2.12. The van der Waals surface area contributed by atoms with Crippen molar-refractivity contribution in [2.24, 2.45) is 11.5 Å². The summed E-state index contributed by atoms with van der Waals surface area (Å²) in [6.07, 6.45) is 1.16. The molecule has 0 heterocycles. The highest BCUT2D eigenvalue weighted by atomic mass is 35.5. The van der Waals surface area contributed by atoms with E-state index in [0.717, 1.165) is 5.56 Å². The van der Waals surface area contributed by atoms with Crippen molar-refractivity contribution in [3.05, 3.63) is 34.9 Å². The lowest BCUT2D eigenvalue weighted by molar-refractivity contribution is -0.125. The zero-order valence-electron chi connectivity index (χ0n) is 13.8. The molecule has 0 saturated carbocycles. The number of carbonyl (C=O) groups excluding carboxylic acids is 3. The topological polar surface area (TPSA) is 137 Å². The predicted molar refractivity (Wildman–Crippen MR) is 93.7 cm³/mol. The van der Waals surface area contributed by atoms with Crippen LogP contribution in [-0.4, -0.2) is 37.0 Å². The van der Waals surface area contributed by atoms with Gasteiger partial charge in [0.05, 0.1) is 12.6 Å². The van der Waals surface area contributed by atoms with Crippen LogP contribution in [-0.2, 0) is 20.9 Å². The average molecular weight is 371 g/mol. The first-order valence-electron chi connectivity index (χ1n) is 7.85. The Kier molecular flexibility index (Phi) is 9.34. The molecule has 1 atom stereocenters. The first kappa shape index (κ1) is 20.7. The Balaban J connectivity index is 2.10. The third-order valence-corrected chi connectivity index (χ3v) is 3.67. The van der Waals surface area contributed by atoms with Crippen LogP contribution in [0.25, 0.3) is 0 Å². The quantitative estimate of drug-likeness (QED) is 0.448. The van der Waals surface area contributed by atoms with E-state index in [4.69, 9.17) is 27.8 Å².